The van der Waals surface area contributed by atoms with Gasteiger partial charge in [0.25, 0.3) is 27.7 Å². The lowest BCUT2D eigenvalue weighted by Crippen LogP contribution is -2.39. The van der Waals surface area contributed by atoms with Crippen LogP contribution in [0.2, 0.25) is 5.02 Å². The molecule has 14 heteroatoms. The summed E-state index contributed by atoms with van der Waals surface area (Å²) >= 11 is 6.87. The summed E-state index contributed by atoms with van der Waals surface area (Å²) in [7, 11) is -4.58. The predicted octanol–water partition coefficient (Wildman–Crippen LogP) is 8.03. The van der Waals surface area contributed by atoms with Crippen molar-refractivity contribution >= 4 is 50.1 Å². The summed E-state index contributed by atoms with van der Waals surface area (Å²) in [6.07, 6.45) is 4.09. The summed E-state index contributed by atoms with van der Waals surface area (Å²) in [5, 5.41) is 6.35. The average Bonchev–Trinajstić information content (AvgIpc) is 3.54. The topological polar surface area (TPSA) is 131 Å². The van der Waals surface area contributed by atoms with E-state index in [4.69, 9.17) is 26.3 Å². The molecule has 0 saturated carbocycles. The van der Waals surface area contributed by atoms with E-state index in [1.54, 1.807) is 41.8 Å². The van der Waals surface area contributed by atoms with Crippen LogP contribution in [0.15, 0.2) is 89.8 Å². The smallest absolute Gasteiger partial charge is 0.292 e. The summed E-state index contributed by atoms with van der Waals surface area (Å²) < 4.78 is 35.7. The van der Waals surface area contributed by atoms with Gasteiger partial charge in [0.15, 0.2) is 5.69 Å². The maximum atomic E-state index is 14.7. The third-order valence-corrected chi connectivity index (χ3v) is 12.3. The summed E-state index contributed by atoms with van der Waals surface area (Å²) in [4.78, 5) is 52.1. The lowest BCUT2D eigenvalue weighted by Gasteiger charge is -2.30. The molecule has 5 aromatic rings. The molecule has 0 atom stereocenters. The van der Waals surface area contributed by atoms with Crippen molar-refractivity contribution in [1.82, 2.24) is 24.0 Å². The van der Waals surface area contributed by atoms with Crippen molar-refractivity contribution in [1.29, 1.82) is 0 Å². The number of fused-ring (bicyclic) bond motifs is 2. The second-order valence-corrected chi connectivity index (χ2v) is 16.3. The van der Waals surface area contributed by atoms with E-state index in [1.807, 2.05) is 36.4 Å². The van der Waals surface area contributed by atoms with E-state index >= 15 is 0 Å². The van der Waals surface area contributed by atoms with E-state index in [0.717, 1.165) is 42.2 Å². The molecule has 0 unspecified atom stereocenters. The van der Waals surface area contributed by atoms with Gasteiger partial charge >= 0.3 is 0 Å². The monoisotopic (exact) mass is 827 g/mol. The molecular weight excluding hydrogens is 778 g/mol. The Labute approximate surface area is 345 Å². The van der Waals surface area contributed by atoms with Gasteiger partial charge in [-0.1, -0.05) is 92.9 Å². The summed E-state index contributed by atoms with van der Waals surface area (Å²) in [6.45, 7) is 9.62. The number of hydrogen-bond acceptors (Lipinski definition) is 8. The first-order chi connectivity index (χ1) is 28.0. The Morgan fingerprint density at radius 3 is 2.22 bits per heavy atom. The number of carbonyl (C=O) groups is 3. The van der Waals surface area contributed by atoms with E-state index < -0.39 is 21.8 Å². The molecule has 2 heterocycles. The van der Waals surface area contributed by atoms with Gasteiger partial charge in [0.05, 0.1) is 40.1 Å². The quantitative estimate of drug-likeness (QED) is 0.0681. The van der Waals surface area contributed by atoms with Crippen molar-refractivity contribution in [3.63, 3.8) is 0 Å². The number of sulfonamides is 1. The average molecular weight is 828 g/mol. The first-order valence-electron chi connectivity index (χ1n) is 19.8. The number of ether oxygens (including phenoxy) is 1. The highest BCUT2D eigenvalue weighted by atomic mass is 35.5. The second kappa shape index (κ2) is 19.1. The molecule has 0 aliphatic carbocycles. The molecule has 4 aromatic carbocycles. The lowest BCUT2D eigenvalue weighted by atomic mass is 9.98. The summed E-state index contributed by atoms with van der Waals surface area (Å²) in [6, 6.07) is 24.1. The van der Waals surface area contributed by atoms with Crippen LogP contribution in [0.25, 0.3) is 16.5 Å². The lowest BCUT2D eigenvalue weighted by molar-refractivity contribution is -0.0777. The zero-order chi connectivity index (χ0) is 41.4. The highest BCUT2D eigenvalue weighted by Crippen LogP contribution is 2.31. The highest BCUT2D eigenvalue weighted by molar-refractivity contribution is 7.89. The second-order valence-electron chi connectivity index (χ2n) is 14.2. The minimum atomic E-state index is -4.58. The fourth-order valence-electron chi connectivity index (χ4n) is 6.97. The van der Waals surface area contributed by atoms with Gasteiger partial charge in [-0.05, 0) is 85.3 Å². The van der Waals surface area contributed by atoms with E-state index in [0.29, 0.717) is 54.8 Å². The van der Waals surface area contributed by atoms with E-state index in [-0.39, 0.29) is 51.5 Å². The van der Waals surface area contributed by atoms with Crippen molar-refractivity contribution in [3.05, 3.63) is 124 Å². The molecular formula is C44H50ClN5O7S. The minimum absolute atomic E-state index is 0.0291. The Morgan fingerprint density at radius 1 is 0.828 bits per heavy atom. The van der Waals surface area contributed by atoms with Gasteiger partial charge in [0.1, 0.15) is 0 Å². The van der Waals surface area contributed by atoms with Gasteiger partial charge in [-0.2, -0.15) is 13.5 Å². The first kappa shape index (κ1) is 42.5. The SMILES string of the molecule is CCCCN(CCCC)C(=O)c1nn(-c2ccc(C(=O)N(OCCOCC)S(=O)(=O)c3ccc4ccccc4c3)cc2C(=O)N2CCc3ccccc3C2)c(C)c1Cl. The Balaban J connectivity index is 1.44. The molecule has 12 nitrogen and oxygen atoms in total. The molecule has 0 saturated heterocycles. The molecule has 58 heavy (non-hydrogen) atoms. The van der Waals surface area contributed by atoms with Crippen LogP contribution in [0.4, 0.5) is 0 Å². The third kappa shape index (κ3) is 9.13. The number of hydrogen-bond donors (Lipinski definition) is 0. The summed E-state index contributed by atoms with van der Waals surface area (Å²) in [5.74, 6) is -1.73. The number of nitrogens with zero attached hydrogens (tertiary/aromatic N) is 5. The molecule has 306 valence electrons. The molecule has 3 amide bonds. The Bertz CT molecular complexity index is 2390. The van der Waals surface area contributed by atoms with Crippen molar-refractivity contribution in [2.24, 2.45) is 0 Å². The van der Waals surface area contributed by atoms with Crippen LogP contribution in [0.3, 0.4) is 0 Å². The Morgan fingerprint density at radius 2 is 1.52 bits per heavy atom. The number of hydroxylamine groups is 1. The van der Waals surface area contributed by atoms with Crippen LogP contribution in [-0.2, 0) is 32.6 Å². The molecule has 1 aromatic heterocycles. The molecule has 0 radical (unpaired) electrons. The fraction of sp³-hybridized carbons (Fsp3) is 0.364. The number of rotatable bonds is 17. The van der Waals surface area contributed by atoms with Gasteiger partial charge in [-0.3, -0.25) is 19.2 Å². The number of halogens is 1. The number of amides is 3. The van der Waals surface area contributed by atoms with E-state index in [9.17, 15) is 22.8 Å². The van der Waals surface area contributed by atoms with Gasteiger partial charge in [-0.25, -0.2) is 4.68 Å². The van der Waals surface area contributed by atoms with E-state index in [2.05, 4.69) is 13.8 Å². The van der Waals surface area contributed by atoms with Crippen LogP contribution in [-0.4, -0.2) is 89.6 Å². The van der Waals surface area contributed by atoms with Crippen LogP contribution in [0, 0.1) is 6.92 Å². The summed E-state index contributed by atoms with van der Waals surface area (Å²) in [5.41, 5.74) is 2.84. The number of unbranched alkanes of at least 4 members (excludes halogenated alkanes) is 2. The molecule has 1 aliphatic heterocycles. The van der Waals surface area contributed by atoms with Crippen molar-refractivity contribution < 1.29 is 32.4 Å². The largest absolute Gasteiger partial charge is 0.379 e. The molecule has 6 rings (SSSR count). The Kier molecular flexibility index (Phi) is 14.0. The zero-order valence-electron chi connectivity index (χ0n) is 33.4. The van der Waals surface area contributed by atoms with Crippen LogP contribution >= 0.6 is 11.6 Å². The molecule has 1 aliphatic rings. The highest BCUT2D eigenvalue weighted by Gasteiger charge is 2.34. The number of benzene rings is 4. The maximum Gasteiger partial charge on any atom is 0.292 e. The number of carbonyl (C=O) groups excluding carboxylic acids is 3. The normalized spacial score (nSPS) is 12.7. The van der Waals surface area contributed by atoms with Crippen LogP contribution in [0.1, 0.15) is 94.5 Å². The first-order valence-corrected chi connectivity index (χ1v) is 21.7. The van der Waals surface area contributed by atoms with E-state index in [1.165, 1.54) is 35.0 Å². The Hall–Kier alpha value is -5.08. The molecule has 0 N–H and O–H groups in total. The van der Waals surface area contributed by atoms with Crippen molar-refractivity contribution in [2.45, 2.75) is 71.2 Å². The maximum absolute atomic E-state index is 14.7. The molecule has 0 fully saturated rings. The van der Waals surface area contributed by atoms with Crippen LogP contribution in [0.5, 0.6) is 0 Å². The predicted molar refractivity (Wildman–Crippen MR) is 224 cm³/mol. The van der Waals surface area contributed by atoms with Gasteiger partial charge in [0.2, 0.25) is 0 Å². The zero-order valence-corrected chi connectivity index (χ0v) is 35.0. The van der Waals surface area contributed by atoms with Gasteiger partial charge < -0.3 is 14.5 Å². The fourth-order valence-corrected chi connectivity index (χ4v) is 8.41. The van der Waals surface area contributed by atoms with Crippen molar-refractivity contribution in [3.8, 4) is 5.69 Å². The minimum Gasteiger partial charge on any atom is -0.379 e. The molecule has 0 spiro atoms. The van der Waals surface area contributed by atoms with Crippen molar-refractivity contribution in [2.75, 3.05) is 39.5 Å². The van der Waals surface area contributed by atoms with Crippen LogP contribution < -0.4 is 0 Å². The van der Waals surface area contributed by atoms with Gasteiger partial charge in [-0.15, -0.1) is 4.47 Å². The third-order valence-electron chi connectivity index (χ3n) is 10.3. The molecule has 0 bridgehead atoms. The van der Waals surface area contributed by atoms with Gasteiger partial charge in [0, 0.05) is 38.3 Å². The number of aromatic nitrogens is 2. The standard InChI is InChI=1S/C44H50ClN5O7S/c1-5-8-23-47(24-9-6-2)44(53)41-40(45)31(4)49(46-41)39-21-19-35(29-38(39)43(52)48-25-22-33-15-11-13-17-36(33)30-48)42(51)50(57-27-26-56-7-3)58(54,55)37-20-18-32-14-10-12-16-34(32)28-37/h10-21,28-29H,5-9,22-27,30H2,1-4H3.